The molecule has 0 unspecified atom stereocenters. The first-order chi connectivity index (χ1) is 10.2. The number of aromatic nitrogens is 2. The Bertz CT molecular complexity index is 631. The SMILES string of the molecule is COCCCNC(=O)c1c[nH]c(=O)n1Cc1ccccc1. The fraction of sp³-hybridized carbons (Fsp3) is 0.333. The van der Waals surface area contributed by atoms with E-state index in [-0.39, 0.29) is 11.6 Å². The Balaban J connectivity index is 2.07. The van der Waals surface area contributed by atoms with Gasteiger partial charge in [-0.2, -0.15) is 0 Å². The van der Waals surface area contributed by atoms with Crippen LogP contribution in [0.15, 0.2) is 41.3 Å². The van der Waals surface area contributed by atoms with Gasteiger partial charge >= 0.3 is 5.69 Å². The second kappa shape index (κ2) is 7.44. The summed E-state index contributed by atoms with van der Waals surface area (Å²) in [4.78, 5) is 26.5. The monoisotopic (exact) mass is 289 g/mol. The molecule has 0 radical (unpaired) electrons. The van der Waals surface area contributed by atoms with Crippen LogP contribution in [0.5, 0.6) is 0 Å². The maximum absolute atomic E-state index is 12.1. The fourth-order valence-corrected chi connectivity index (χ4v) is 2.02. The third-order valence-corrected chi connectivity index (χ3v) is 3.10. The number of rotatable bonds is 7. The van der Waals surface area contributed by atoms with E-state index in [1.54, 1.807) is 7.11 Å². The molecule has 1 amide bonds. The van der Waals surface area contributed by atoms with Gasteiger partial charge in [0.2, 0.25) is 0 Å². The molecule has 0 atom stereocenters. The summed E-state index contributed by atoms with van der Waals surface area (Å²) >= 11 is 0. The van der Waals surface area contributed by atoms with E-state index in [0.717, 1.165) is 12.0 Å². The molecule has 21 heavy (non-hydrogen) atoms. The van der Waals surface area contributed by atoms with Gasteiger partial charge in [0.25, 0.3) is 5.91 Å². The molecule has 112 valence electrons. The van der Waals surface area contributed by atoms with Crippen LogP contribution in [0.4, 0.5) is 0 Å². The highest BCUT2D eigenvalue weighted by Gasteiger charge is 2.14. The van der Waals surface area contributed by atoms with Crippen molar-refractivity contribution in [1.29, 1.82) is 0 Å². The Labute approximate surface area is 122 Å². The average molecular weight is 289 g/mol. The minimum absolute atomic E-state index is 0.264. The first kappa shape index (κ1) is 15.1. The number of hydrogen-bond acceptors (Lipinski definition) is 3. The molecule has 2 rings (SSSR count). The standard InChI is InChI=1S/C15H19N3O3/c1-21-9-5-8-16-14(19)13-10-17-15(20)18(13)11-12-6-3-2-4-7-12/h2-4,6-7,10H,5,8-9,11H2,1H3,(H,16,19)(H,17,20). The van der Waals surface area contributed by atoms with Crippen LogP contribution >= 0.6 is 0 Å². The van der Waals surface area contributed by atoms with E-state index in [9.17, 15) is 9.59 Å². The zero-order valence-corrected chi connectivity index (χ0v) is 12.0. The lowest BCUT2D eigenvalue weighted by Crippen LogP contribution is -2.30. The molecule has 0 aliphatic rings. The van der Waals surface area contributed by atoms with Gasteiger partial charge in [0.15, 0.2) is 0 Å². The summed E-state index contributed by atoms with van der Waals surface area (Å²) in [5.41, 5.74) is 1.01. The van der Waals surface area contributed by atoms with Crippen molar-refractivity contribution < 1.29 is 9.53 Å². The summed E-state index contributed by atoms with van der Waals surface area (Å²) in [6.45, 7) is 1.46. The Hall–Kier alpha value is -2.34. The van der Waals surface area contributed by atoms with Crippen molar-refractivity contribution in [3.05, 3.63) is 58.3 Å². The largest absolute Gasteiger partial charge is 0.385 e. The number of carbonyl (C=O) groups excluding carboxylic acids is 1. The minimum Gasteiger partial charge on any atom is -0.385 e. The highest BCUT2D eigenvalue weighted by atomic mass is 16.5. The normalized spacial score (nSPS) is 10.5. The van der Waals surface area contributed by atoms with E-state index in [1.807, 2.05) is 30.3 Å². The highest BCUT2D eigenvalue weighted by molar-refractivity contribution is 5.92. The topological polar surface area (TPSA) is 76.1 Å². The molecule has 0 bridgehead atoms. The number of imidazole rings is 1. The Morgan fingerprint density at radius 3 is 2.81 bits per heavy atom. The van der Waals surface area contributed by atoms with Crippen LogP contribution in [-0.2, 0) is 11.3 Å². The van der Waals surface area contributed by atoms with E-state index in [2.05, 4.69) is 10.3 Å². The van der Waals surface area contributed by atoms with Gasteiger partial charge in [-0.3, -0.25) is 9.36 Å². The molecule has 0 spiro atoms. The quantitative estimate of drug-likeness (QED) is 0.746. The average Bonchev–Trinajstić information content (AvgIpc) is 2.86. The summed E-state index contributed by atoms with van der Waals surface area (Å²) in [5.74, 6) is -0.264. The molecule has 1 heterocycles. The molecule has 1 aromatic heterocycles. The lowest BCUT2D eigenvalue weighted by atomic mass is 10.2. The number of benzene rings is 1. The first-order valence-corrected chi connectivity index (χ1v) is 6.81. The Morgan fingerprint density at radius 1 is 1.33 bits per heavy atom. The predicted octanol–water partition coefficient (Wildman–Crippen LogP) is 0.991. The predicted molar refractivity (Wildman–Crippen MR) is 79.4 cm³/mol. The van der Waals surface area contributed by atoms with Crippen LogP contribution in [0.2, 0.25) is 0 Å². The summed E-state index contributed by atoms with van der Waals surface area (Å²) in [6.07, 6.45) is 2.17. The van der Waals surface area contributed by atoms with Crippen molar-refractivity contribution in [2.24, 2.45) is 0 Å². The Kier molecular flexibility index (Phi) is 5.34. The summed E-state index contributed by atoms with van der Waals surface area (Å²) in [5, 5.41) is 2.77. The van der Waals surface area contributed by atoms with Crippen molar-refractivity contribution in [1.82, 2.24) is 14.9 Å². The summed E-state index contributed by atoms with van der Waals surface area (Å²) in [6, 6.07) is 9.54. The molecule has 2 N–H and O–H groups in total. The lowest BCUT2D eigenvalue weighted by molar-refractivity contribution is 0.0939. The van der Waals surface area contributed by atoms with Gasteiger partial charge in [0.05, 0.1) is 6.54 Å². The van der Waals surface area contributed by atoms with Gasteiger partial charge in [0.1, 0.15) is 5.69 Å². The van der Waals surface area contributed by atoms with E-state index >= 15 is 0 Å². The number of methoxy groups -OCH3 is 1. The van der Waals surface area contributed by atoms with Crippen molar-refractivity contribution >= 4 is 5.91 Å². The molecule has 6 heteroatoms. The van der Waals surface area contributed by atoms with Crippen LogP contribution < -0.4 is 11.0 Å². The van der Waals surface area contributed by atoms with E-state index in [1.165, 1.54) is 10.8 Å². The van der Waals surface area contributed by atoms with Crippen molar-refractivity contribution in [3.8, 4) is 0 Å². The van der Waals surface area contributed by atoms with E-state index < -0.39 is 0 Å². The number of H-pyrrole nitrogens is 1. The molecule has 0 saturated carbocycles. The van der Waals surface area contributed by atoms with Crippen LogP contribution in [0.25, 0.3) is 0 Å². The zero-order chi connectivity index (χ0) is 15.1. The van der Waals surface area contributed by atoms with Crippen LogP contribution in [-0.4, -0.2) is 35.7 Å². The molecule has 1 aromatic carbocycles. The first-order valence-electron chi connectivity index (χ1n) is 6.81. The van der Waals surface area contributed by atoms with Crippen LogP contribution in [0.1, 0.15) is 22.5 Å². The van der Waals surface area contributed by atoms with Gasteiger partial charge in [-0.1, -0.05) is 30.3 Å². The molecular formula is C15H19N3O3. The number of nitrogens with zero attached hydrogens (tertiary/aromatic N) is 1. The van der Waals surface area contributed by atoms with Crippen LogP contribution in [0, 0.1) is 0 Å². The third-order valence-electron chi connectivity index (χ3n) is 3.10. The lowest BCUT2D eigenvalue weighted by Gasteiger charge is -2.08. The van der Waals surface area contributed by atoms with Crippen molar-refractivity contribution in [3.63, 3.8) is 0 Å². The Morgan fingerprint density at radius 2 is 2.10 bits per heavy atom. The number of amides is 1. The third kappa shape index (κ3) is 4.06. The second-order valence-corrected chi connectivity index (χ2v) is 4.65. The van der Waals surface area contributed by atoms with Gasteiger partial charge in [-0.25, -0.2) is 4.79 Å². The summed E-state index contributed by atoms with van der Waals surface area (Å²) in [7, 11) is 1.62. The molecule has 0 aliphatic carbocycles. The smallest absolute Gasteiger partial charge is 0.326 e. The van der Waals surface area contributed by atoms with Gasteiger partial charge in [-0.15, -0.1) is 0 Å². The van der Waals surface area contributed by atoms with E-state index in [0.29, 0.717) is 25.4 Å². The van der Waals surface area contributed by atoms with Gasteiger partial charge in [0, 0.05) is 26.5 Å². The number of aromatic amines is 1. The maximum Gasteiger partial charge on any atom is 0.326 e. The van der Waals surface area contributed by atoms with Gasteiger partial charge < -0.3 is 15.0 Å². The number of hydrogen-bond donors (Lipinski definition) is 2. The molecule has 6 nitrogen and oxygen atoms in total. The molecule has 2 aromatic rings. The van der Waals surface area contributed by atoms with E-state index in [4.69, 9.17) is 4.74 Å². The van der Waals surface area contributed by atoms with Crippen LogP contribution in [0.3, 0.4) is 0 Å². The molecule has 0 aliphatic heterocycles. The highest BCUT2D eigenvalue weighted by Crippen LogP contribution is 2.03. The number of ether oxygens (including phenoxy) is 1. The maximum atomic E-state index is 12.1. The number of carbonyl (C=O) groups is 1. The minimum atomic E-state index is -0.291. The zero-order valence-electron chi connectivity index (χ0n) is 12.0. The fourth-order valence-electron chi connectivity index (χ4n) is 2.02. The van der Waals surface area contributed by atoms with Gasteiger partial charge in [-0.05, 0) is 12.0 Å². The summed E-state index contributed by atoms with van der Waals surface area (Å²) < 4.78 is 6.36. The number of nitrogens with one attached hydrogen (secondary N) is 2. The molecule has 0 fully saturated rings. The second-order valence-electron chi connectivity index (χ2n) is 4.65. The molecule has 0 saturated heterocycles. The van der Waals surface area contributed by atoms with Crippen molar-refractivity contribution in [2.75, 3.05) is 20.3 Å². The van der Waals surface area contributed by atoms with Crippen molar-refractivity contribution in [2.45, 2.75) is 13.0 Å². The molecular weight excluding hydrogens is 270 g/mol.